The van der Waals surface area contributed by atoms with Crippen LogP contribution in [0.15, 0.2) is 41.0 Å². The van der Waals surface area contributed by atoms with Crippen molar-refractivity contribution in [3.05, 3.63) is 47.9 Å². The van der Waals surface area contributed by atoms with Crippen LogP contribution >= 0.6 is 0 Å². The summed E-state index contributed by atoms with van der Waals surface area (Å²) in [6.45, 7) is 4.93. The highest BCUT2D eigenvalue weighted by Gasteiger charge is 2.26. The molecule has 1 fully saturated rings. The SMILES string of the molecule is CC(C)N(CC(=O)N(Cc1ccc2c(c1)OCO2)Cc1ccco1)C(=O)CCC1CCCC1. The summed E-state index contributed by atoms with van der Waals surface area (Å²) in [5, 5.41) is 0. The molecule has 33 heavy (non-hydrogen) atoms. The average Bonchev–Trinajstić information content (AvgIpc) is 3.57. The smallest absolute Gasteiger partial charge is 0.242 e. The lowest BCUT2D eigenvalue weighted by Crippen LogP contribution is -2.45. The highest BCUT2D eigenvalue weighted by molar-refractivity contribution is 5.85. The fourth-order valence-corrected chi connectivity index (χ4v) is 4.66. The van der Waals surface area contributed by atoms with Crippen molar-refractivity contribution in [3.63, 3.8) is 0 Å². The van der Waals surface area contributed by atoms with E-state index >= 15 is 0 Å². The maximum absolute atomic E-state index is 13.4. The minimum absolute atomic E-state index is 0.0407. The molecular weight excluding hydrogens is 420 g/mol. The maximum atomic E-state index is 13.4. The maximum Gasteiger partial charge on any atom is 0.242 e. The Morgan fingerprint density at radius 1 is 1.03 bits per heavy atom. The van der Waals surface area contributed by atoms with Crippen LogP contribution in [0.5, 0.6) is 11.5 Å². The Labute approximate surface area is 195 Å². The summed E-state index contributed by atoms with van der Waals surface area (Å²) < 4.78 is 16.4. The van der Waals surface area contributed by atoms with Crippen LogP contribution < -0.4 is 9.47 Å². The van der Waals surface area contributed by atoms with Crippen LogP contribution in [0.4, 0.5) is 0 Å². The molecular formula is C26H34N2O5. The van der Waals surface area contributed by atoms with Gasteiger partial charge >= 0.3 is 0 Å². The molecule has 0 radical (unpaired) electrons. The summed E-state index contributed by atoms with van der Waals surface area (Å²) in [5.41, 5.74) is 0.933. The van der Waals surface area contributed by atoms with Crippen molar-refractivity contribution in [3.8, 4) is 11.5 Å². The van der Waals surface area contributed by atoms with Gasteiger partial charge < -0.3 is 23.7 Å². The first-order chi connectivity index (χ1) is 16.0. The molecule has 178 valence electrons. The molecule has 2 aromatic rings. The first-order valence-corrected chi connectivity index (χ1v) is 12.0. The molecule has 0 N–H and O–H groups in total. The Bertz CT molecular complexity index is 934. The second-order valence-electron chi connectivity index (χ2n) is 9.32. The summed E-state index contributed by atoms with van der Waals surface area (Å²) >= 11 is 0. The van der Waals surface area contributed by atoms with Gasteiger partial charge in [-0.3, -0.25) is 9.59 Å². The average molecular weight is 455 g/mol. The zero-order chi connectivity index (χ0) is 23.2. The molecule has 0 spiro atoms. The van der Waals surface area contributed by atoms with Crippen molar-refractivity contribution >= 4 is 11.8 Å². The fraction of sp³-hybridized carbons (Fsp3) is 0.538. The number of carbonyl (C=O) groups is 2. The molecule has 7 nitrogen and oxygen atoms in total. The molecule has 2 amide bonds. The van der Waals surface area contributed by atoms with Gasteiger partial charge in [0.2, 0.25) is 18.6 Å². The van der Waals surface area contributed by atoms with Crippen molar-refractivity contribution in [1.82, 2.24) is 9.80 Å². The molecule has 7 heteroatoms. The Morgan fingerprint density at radius 2 is 1.82 bits per heavy atom. The predicted octanol–water partition coefficient (Wildman–Crippen LogP) is 4.74. The van der Waals surface area contributed by atoms with Gasteiger partial charge in [0.05, 0.1) is 19.4 Å². The van der Waals surface area contributed by atoms with E-state index in [0.717, 1.165) is 12.0 Å². The third-order valence-corrected chi connectivity index (χ3v) is 6.58. The van der Waals surface area contributed by atoms with E-state index in [0.29, 0.717) is 42.7 Å². The summed E-state index contributed by atoms with van der Waals surface area (Å²) in [6, 6.07) is 9.32. The number of fused-ring (bicyclic) bond motifs is 1. The van der Waals surface area contributed by atoms with Gasteiger partial charge in [-0.15, -0.1) is 0 Å². The molecule has 2 aliphatic rings. The third-order valence-electron chi connectivity index (χ3n) is 6.58. The van der Waals surface area contributed by atoms with Gasteiger partial charge in [0.25, 0.3) is 0 Å². The molecule has 0 unspecified atom stereocenters. The van der Waals surface area contributed by atoms with Crippen molar-refractivity contribution in [2.45, 2.75) is 71.5 Å². The minimum atomic E-state index is -0.105. The van der Waals surface area contributed by atoms with E-state index in [2.05, 4.69) is 0 Å². The number of benzene rings is 1. The highest BCUT2D eigenvalue weighted by Crippen LogP contribution is 2.33. The Hall–Kier alpha value is -2.96. The molecule has 1 saturated carbocycles. The molecule has 1 aromatic heterocycles. The molecule has 1 aliphatic heterocycles. The van der Waals surface area contributed by atoms with Gasteiger partial charge in [-0.2, -0.15) is 0 Å². The van der Waals surface area contributed by atoms with Gasteiger partial charge in [0.1, 0.15) is 5.76 Å². The summed E-state index contributed by atoms with van der Waals surface area (Å²) in [5.74, 6) is 2.71. The van der Waals surface area contributed by atoms with Crippen molar-refractivity contribution in [2.24, 2.45) is 5.92 Å². The lowest BCUT2D eigenvalue weighted by molar-refractivity contribution is -0.143. The fourth-order valence-electron chi connectivity index (χ4n) is 4.66. The summed E-state index contributed by atoms with van der Waals surface area (Å²) in [7, 11) is 0. The highest BCUT2D eigenvalue weighted by atomic mass is 16.7. The largest absolute Gasteiger partial charge is 0.467 e. The van der Waals surface area contributed by atoms with Crippen LogP contribution in [0.1, 0.15) is 63.7 Å². The van der Waals surface area contributed by atoms with Crippen molar-refractivity contribution < 1.29 is 23.5 Å². The van der Waals surface area contributed by atoms with E-state index in [4.69, 9.17) is 13.9 Å². The Morgan fingerprint density at radius 3 is 2.55 bits per heavy atom. The minimum Gasteiger partial charge on any atom is -0.467 e. The monoisotopic (exact) mass is 454 g/mol. The summed E-state index contributed by atoms with van der Waals surface area (Å²) in [4.78, 5) is 29.9. The van der Waals surface area contributed by atoms with Gasteiger partial charge in [-0.25, -0.2) is 0 Å². The number of amides is 2. The van der Waals surface area contributed by atoms with E-state index in [-0.39, 0.29) is 31.2 Å². The van der Waals surface area contributed by atoms with Gasteiger partial charge in [0, 0.05) is 19.0 Å². The number of hydrogen-bond acceptors (Lipinski definition) is 5. The third kappa shape index (κ3) is 6.09. The Kier molecular flexibility index (Phi) is 7.57. The van der Waals surface area contributed by atoms with Crippen molar-refractivity contribution in [1.29, 1.82) is 0 Å². The van der Waals surface area contributed by atoms with E-state index in [1.54, 1.807) is 16.1 Å². The van der Waals surface area contributed by atoms with Crippen LogP contribution in [0.25, 0.3) is 0 Å². The molecule has 0 bridgehead atoms. The van der Waals surface area contributed by atoms with Crippen LogP contribution in [0.3, 0.4) is 0 Å². The van der Waals surface area contributed by atoms with Gasteiger partial charge in [-0.05, 0) is 56.0 Å². The number of furan rings is 1. The van der Waals surface area contributed by atoms with Gasteiger partial charge in [-0.1, -0.05) is 31.7 Å². The molecule has 2 heterocycles. The van der Waals surface area contributed by atoms with Gasteiger partial charge in [0.15, 0.2) is 11.5 Å². The van der Waals surface area contributed by atoms with Crippen LogP contribution in [-0.4, -0.2) is 41.0 Å². The zero-order valence-corrected chi connectivity index (χ0v) is 19.6. The molecule has 4 rings (SSSR count). The van der Waals surface area contributed by atoms with Crippen molar-refractivity contribution in [2.75, 3.05) is 13.3 Å². The second kappa shape index (κ2) is 10.8. The van der Waals surface area contributed by atoms with E-state index in [1.165, 1.54) is 25.7 Å². The lowest BCUT2D eigenvalue weighted by Gasteiger charge is -2.30. The number of hydrogen-bond donors (Lipinski definition) is 0. The normalized spacial score (nSPS) is 15.2. The van der Waals surface area contributed by atoms with Crippen LogP contribution in [0.2, 0.25) is 0 Å². The quantitative estimate of drug-likeness (QED) is 0.518. The molecule has 0 atom stereocenters. The topological polar surface area (TPSA) is 72.2 Å². The first-order valence-electron chi connectivity index (χ1n) is 12.0. The van der Waals surface area contributed by atoms with Crippen LogP contribution in [0, 0.1) is 5.92 Å². The van der Waals surface area contributed by atoms with E-state index in [9.17, 15) is 9.59 Å². The standard InChI is InChI=1S/C26H34N2O5/c1-19(2)28(25(29)12-10-20-6-3-4-7-20)17-26(30)27(16-22-8-5-13-31-22)15-21-9-11-23-24(14-21)33-18-32-23/h5,8-9,11,13-14,19-20H,3-4,6-7,10,12,15-18H2,1-2H3. The number of ether oxygens (including phenoxy) is 2. The Balaban J connectivity index is 1.43. The first kappa shape index (κ1) is 23.2. The second-order valence-corrected chi connectivity index (χ2v) is 9.32. The molecule has 0 saturated heterocycles. The van der Waals surface area contributed by atoms with E-state index < -0.39 is 0 Å². The van der Waals surface area contributed by atoms with Crippen LogP contribution in [-0.2, 0) is 22.7 Å². The number of nitrogens with zero attached hydrogens (tertiary/aromatic N) is 2. The molecule has 1 aromatic carbocycles. The van der Waals surface area contributed by atoms with E-state index in [1.807, 2.05) is 44.2 Å². The summed E-state index contributed by atoms with van der Waals surface area (Å²) in [6.07, 6.45) is 8.02. The molecule has 1 aliphatic carbocycles. The predicted molar refractivity (Wildman–Crippen MR) is 124 cm³/mol. The number of rotatable bonds is 10. The zero-order valence-electron chi connectivity index (χ0n) is 19.6. The number of carbonyl (C=O) groups excluding carboxylic acids is 2. The lowest BCUT2D eigenvalue weighted by atomic mass is 10.0.